The monoisotopic (exact) mass is 421 g/mol. The zero-order valence-electron chi connectivity index (χ0n) is 18.6. The highest BCUT2D eigenvalue weighted by Gasteiger charge is 2.25. The second kappa shape index (κ2) is 10.8. The summed E-state index contributed by atoms with van der Waals surface area (Å²) in [7, 11) is 0. The predicted molar refractivity (Wildman–Crippen MR) is 117 cm³/mol. The van der Waals surface area contributed by atoms with Gasteiger partial charge in [0.2, 0.25) is 5.91 Å². The van der Waals surface area contributed by atoms with Crippen molar-refractivity contribution >= 4 is 17.3 Å². The molecule has 0 aromatic heterocycles. The molecule has 1 amide bonds. The number of nitrogens with one attached hydrogen (secondary N) is 1. The Balaban J connectivity index is 1.78. The lowest BCUT2D eigenvalue weighted by Crippen LogP contribution is -2.48. The van der Waals surface area contributed by atoms with Crippen molar-refractivity contribution in [3.8, 4) is 11.5 Å². The summed E-state index contributed by atoms with van der Waals surface area (Å²) in [6, 6.07) is 3.84. The first-order valence-electron chi connectivity index (χ1n) is 10.9. The Labute approximate surface area is 179 Å². The quantitative estimate of drug-likeness (QED) is 0.691. The van der Waals surface area contributed by atoms with E-state index in [0.717, 1.165) is 37.6 Å². The molecule has 1 aromatic rings. The number of morpholine rings is 2. The van der Waals surface area contributed by atoms with Gasteiger partial charge in [-0.25, -0.2) is 0 Å². The molecule has 2 heterocycles. The minimum absolute atomic E-state index is 0.0705. The van der Waals surface area contributed by atoms with Gasteiger partial charge < -0.3 is 29.2 Å². The van der Waals surface area contributed by atoms with Crippen molar-refractivity contribution in [3.63, 3.8) is 0 Å². The van der Waals surface area contributed by atoms with E-state index in [0.29, 0.717) is 44.4 Å². The van der Waals surface area contributed by atoms with Gasteiger partial charge in [0.15, 0.2) is 0 Å². The van der Waals surface area contributed by atoms with Gasteiger partial charge in [-0.1, -0.05) is 0 Å². The van der Waals surface area contributed by atoms with Crippen LogP contribution in [0.5, 0.6) is 11.5 Å². The van der Waals surface area contributed by atoms with Crippen LogP contribution in [0.4, 0.5) is 11.4 Å². The average Bonchev–Trinajstić information content (AvgIpc) is 2.70. The lowest BCUT2D eigenvalue weighted by molar-refractivity contribution is -0.121. The summed E-state index contributed by atoms with van der Waals surface area (Å²) >= 11 is 0. The lowest BCUT2D eigenvalue weighted by Gasteiger charge is -2.34. The number of hydrogen-bond acceptors (Lipinski definition) is 7. The van der Waals surface area contributed by atoms with Crippen LogP contribution in [0.2, 0.25) is 0 Å². The number of ether oxygens (including phenoxy) is 4. The van der Waals surface area contributed by atoms with E-state index in [1.54, 1.807) is 0 Å². The zero-order chi connectivity index (χ0) is 21.5. The average molecular weight is 422 g/mol. The molecule has 8 nitrogen and oxygen atoms in total. The maximum atomic E-state index is 12.8. The van der Waals surface area contributed by atoms with Gasteiger partial charge in [0.25, 0.3) is 0 Å². The summed E-state index contributed by atoms with van der Waals surface area (Å²) in [6.07, 6.45) is 0.246. The van der Waals surface area contributed by atoms with Crippen molar-refractivity contribution in [2.75, 3.05) is 69.4 Å². The summed E-state index contributed by atoms with van der Waals surface area (Å²) in [6.45, 7) is 13.8. The van der Waals surface area contributed by atoms with Gasteiger partial charge in [0.05, 0.1) is 56.6 Å². The lowest BCUT2D eigenvalue weighted by atomic mass is 10.2. The summed E-state index contributed by atoms with van der Waals surface area (Å²) in [5, 5.41) is 3.03. The molecular formula is C22H35N3O5. The first-order chi connectivity index (χ1) is 14.5. The number of amides is 1. The highest BCUT2D eigenvalue weighted by Crippen LogP contribution is 2.39. The fraction of sp³-hybridized carbons (Fsp3) is 0.682. The second-order valence-corrected chi connectivity index (χ2v) is 7.78. The van der Waals surface area contributed by atoms with Crippen LogP contribution in [0, 0.1) is 0 Å². The Hall–Kier alpha value is -2.03. The Kier molecular flexibility index (Phi) is 8.18. The normalized spacial score (nSPS) is 22.6. The number of hydrogen-bond donors (Lipinski definition) is 1. The van der Waals surface area contributed by atoms with E-state index >= 15 is 0 Å². The van der Waals surface area contributed by atoms with E-state index in [1.165, 1.54) is 0 Å². The molecule has 168 valence electrons. The molecule has 0 unspecified atom stereocenters. The van der Waals surface area contributed by atoms with E-state index in [9.17, 15) is 4.79 Å². The van der Waals surface area contributed by atoms with Gasteiger partial charge in [-0.05, 0) is 27.7 Å². The molecule has 0 saturated carbocycles. The molecule has 2 aliphatic rings. The van der Waals surface area contributed by atoms with Crippen LogP contribution in [0.15, 0.2) is 12.1 Å². The fourth-order valence-electron chi connectivity index (χ4n) is 4.05. The summed E-state index contributed by atoms with van der Waals surface area (Å²) in [5.41, 5.74) is 1.61. The maximum Gasteiger partial charge on any atom is 0.238 e. The van der Waals surface area contributed by atoms with E-state index in [4.69, 9.17) is 18.9 Å². The topological polar surface area (TPSA) is 72.5 Å². The Morgan fingerprint density at radius 2 is 1.70 bits per heavy atom. The molecule has 2 saturated heterocycles. The Morgan fingerprint density at radius 1 is 1.07 bits per heavy atom. The highest BCUT2D eigenvalue weighted by molar-refractivity contribution is 5.94. The number of nitrogens with zero attached hydrogens (tertiary/aromatic N) is 2. The number of anilines is 2. The summed E-state index contributed by atoms with van der Waals surface area (Å²) < 4.78 is 23.0. The Bertz CT molecular complexity index is 698. The SMILES string of the molecule is CCOc1cc(N2CCOCC2)c(OCC)cc1NC(=O)CN1C[C@@H](C)O[C@H](C)C1. The van der Waals surface area contributed by atoms with Crippen molar-refractivity contribution in [1.29, 1.82) is 0 Å². The minimum Gasteiger partial charge on any atom is -0.492 e. The van der Waals surface area contributed by atoms with E-state index in [1.807, 2.05) is 39.8 Å². The van der Waals surface area contributed by atoms with Gasteiger partial charge in [0, 0.05) is 38.3 Å². The van der Waals surface area contributed by atoms with Crippen molar-refractivity contribution in [1.82, 2.24) is 4.90 Å². The number of carbonyl (C=O) groups is 1. The standard InChI is InChI=1S/C22H35N3O5/c1-5-28-20-12-19(25-7-9-27-10-8-25)21(29-6-2)11-18(20)23-22(26)15-24-13-16(3)30-17(4)14-24/h11-12,16-17H,5-10,13-15H2,1-4H3,(H,23,26)/t16-,17-/m1/s1. The molecule has 0 spiro atoms. The third kappa shape index (κ3) is 6.00. The largest absolute Gasteiger partial charge is 0.492 e. The van der Waals surface area contributed by atoms with Crippen molar-refractivity contribution in [2.24, 2.45) is 0 Å². The highest BCUT2D eigenvalue weighted by atomic mass is 16.5. The molecule has 1 aromatic carbocycles. The van der Waals surface area contributed by atoms with Gasteiger partial charge >= 0.3 is 0 Å². The molecule has 2 aliphatic heterocycles. The van der Waals surface area contributed by atoms with Crippen LogP contribution in [0.25, 0.3) is 0 Å². The van der Waals surface area contributed by atoms with E-state index < -0.39 is 0 Å². The Morgan fingerprint density at radius 3 is 2.33 bits per heavy atom. The van der Waals surface area contributed by atoms with Crippen LogP contribution < -0.4 is 19.7 Å². The molecular weight excluding hydrogens is 386 g/mol. The molecule has 3 rings (SSSR count). The first kappa shape index (κ1) is 22.7. The molecule has 2 fully saturated rings. The third-order valence-electron chi connectivity index (χ3n) is 5.15. The molecule has 2 atom stereocenters. The van der Waals surface area contributed by atoms with E-state index in [-0.39, 0.29) is 18.1 Å². The predicted octanol–water partition coefficient (Wildman–Crippen LogP) is 2.37. The third-order valence-corrected chi connectivity index (χ3v) is 5.15. The summed E-state index contributed by atoms with van der Waals surface area (Å²) in [5.74, 6) is 1.32. The minimum atomic E-state index is -0.0705. The van der Waals surface area contributed by atoms with Crippen molar-refractivity contribution in [3.05, 3.63) is 12.1 Å². The number of rotatable bonds is 8. The fourth-order valence-corrected chi connectivity index (χ4v) is 4.05. The molecule has 0 bridgehead atoms. The van der Waals surface area contributed by atoms with Crippen molar-refractivity contribution < 1.29 is 23.7 Å². The maximum absolute atomic E-state index is 12.8. The smallest absolute Gasteiger partial charge is 0.238 e. The van der Waals surface area contributed by atoms with Crippen LogP contribution >= 0.6 is 0 Å². The van der Waals surface area contributed by atoms with Gasteiger partial charge in [-0.2, -0.15) is 0 Å². The van der Waals surface area contributed by atoms with Gasteiger partial charge in [0.1, 0.15) is 11.5 Å². The van der Waals surface area contributed by atoms with Gasteiger partial charge in [-0.3, -0.25) is 9.69 Å². The molecule has 0 radical (unpaired) electrons. The number of benzene rings is 1. The molecule has 0 aliphatic carbocycles. The van der Waals surface area contributed by atoms with Crippen LogP contribution in [0.3, 0.4) is 0 Å². The molecule has 30 heavy (non-hydrogen) atoms. The summed E-state index contributed by atoms with van der Waals surface area (Å²) in [4.78, 5) is 17.1. The van der Waals surface area contributed by atoms with Crippen LogP contribution in [0.1, 0.15) is 27.7 Å². The first-order valence-corrected chi connectivity index (χ1v) is 10.9. The molecule has 8 heteroatoms. The zero-order valence-corrected chi connectivity index (χ0v) is 18.6. The molecule has 1 N–H and O–H groups in total. The number of carbonyl (C=O) groups excluding carboxylic acids is 1. The second-order valence-electron chi connectivity index (χ2n) is 7.78. The van der Waals surface area contributed by atoms with Crippen LogP contribution in [-0.4, -0.2) is 82.2 Å². The van der Waals surface area contributed by atoms with Crippen molar-refractivity contribution in [2.45, 2.75) is 39.9 Å². The van der Waals surface area contributed by atoms with E-state index in [2.05, 4.69) is 15.1 Å². The van der Waals surface area contributed by atoms with Gasteiger partial charge in [-0.15, -0.1) is 0 Å². The van der Waals surface area contributed by atoms with Crippen LogP contribution in [-0.2, 0) is 14.3 Å².